The molecule has 1 N–H and O–H groups in total. The van der Waals surface area contributed by atoms with Gasteiger partial charge in [-0.15, -0.1) is 0 Å². The first-order valence-corrected chi connectivity index (χ1v) is 10.8. The smallest absolute Gasteiger partial charge is 0.370 e. The number of aromatic nitrogens is 4. The van der Waals surface area contributed by atoms with Gasteiger partial charge in [-0.2, -0.15) is 32.1 Å². The monoisotopic (exact) mass is 440 g/mol. The minimum Gasteiger partial charge on any atom is -0.370 e. The second kappa shape index (κ2) is 7.84. The molecule has 30 heavy (non-hydrogen) atoms. The number of nitrogens with one attached hydrogen (secondary N) is 1. The molecule has 1 aromatic carbocycles. The van der Waals surface area contributed by atoms with E-state index in [1.165, 1.54) is 6.33 Å². The third-order valence-electron chi connectivity index (χ3n) is 5.10. The van der Waals surface area contributed by atoms with Crippen LogP contribution in [0, 0.1) is 5.92 Å². The summed E-state index contributed by atoms with van der Waals surface area (Å²) in [5, 5.41) is 7.42. The number of alkyl halides is 3. The Morgan fingerprint density at radius 3 is 2.50 bits per heavy atom. The lowest BCUT2D eigenvalue weighted by molar-refractivity contribution is -0.0496. The Balaban J connectivity index is 1.46. The summed E-state index contributed by atoms with van der Waals surface area (Å²) >= 11 is 0. The quantitative estimate of drug-likeness (QED) is 0.656. The van der Waals surface area contributed by atoms with Crippen LogP contribution in [-0.4, -0.2) is 57.4 Å². The molecule has 4 rings (SSSR count). The largest absolute Gasteiger partial charge is 0.511 e. The van der Waals surface area contributed by atoms with Crippen LogP contribution >= 0.6 is 0 Å². The number of rotatable bonds is 5. The molecule has 1 aliphatic heterocycles. The Kier molecular flexibility index (Phi) is 5.36. The molecule has 2 aromatic heterocycles. The number of benzene rings is 1. The Morgan fingerprint density at radius 1 is 1.13 bits per heavy atom. The SMILES string of the molecule is O=S(=O)(N1CCC(CNc2cc(-c3ccccc3)nc3ncnn23)CC1)C(F)(F)F. The fourth-order valence-electron chi connectivity index (χ4n) is 3.44. The number of nitrogens with zero attached hydrogens (tertiary/aromatic N) is 5. The van der Waals surface area contributed by atoms with Crippen molar-refractivity contribution < 1.29 is 21.6 Å². The highest BCUT2D eigenvalue weighted by Crippen LogP contribution is 2.30. The molecule has 1 fully saturated rings. The summed E-state index contributed by atoms with van der Waals surface area (Å²) < 4.78 is 63.3. The fourth-order valence-corrected chi connectivity index (χ4v) is 4.43. The lowest BCUT2D eigenvalue weighted by atomic mass is 9.98. The Morgan fingerprint density at radius 2 is 1.83 bits per heavy atom. The second-order valence-corrected chi connectivity index (χ2v) is 8.97. The molecule has 0 radical (unpaired) electrons. The fraction of sp³-hybridized carbons (Fsp3) is 0.389. The van der Waals surface area contributed by atoms with Gasteiger partial charge >= 0.3 is 15.5 Å². The van der Waals surface area contributed by atoms with Gasteiger partial charge in [0.2, 0.25) is 0 Å². The first-order valence-electron chi connectivity index (χ1n) is 9.32. The van der Waals surface area contributed by atoms with Crippen molar-refractivity contribution in [2.45, 2.75) is 18.3 Å². The maximum atomic E-state index is 12.7. The van der Waals surface area contributed by atoms with Crippen molar-refractivity contribution in [1.82, 2.24) is 23.9 Å². The normalized spacial score (nSPS) is 16.8. The molecule has 0 amide bonds. The van der Waals surface area contributed by atoms with Crippen molar-refractivity contribution in [2.24, 2.45) is 5.92 Å². The van der Waals surface area contributed by atoms with Gasteiger partial charge in [0.25, 0.3) is 5.78 Å². The minimum atomic E-state index is -5.27. The van der Waals surface area contributed by atoms with Crippen LogP contribution in [0.3, 0.4) is 0 Å². The molecule has 0 spiro atoms. The number of piperidine rings is 1. The molecule has 0 bridgehead atoms. The number of halogens is 3. The molecule has 0 atom stereocenters. The van der Waals surface area contributed by atoms with E-state index in [0.717, 1.165) is 5.56 Å². The van der Waals surface area contributed by atoms with Crippen LogP contribution in [0.1, 0.15) is 12.8 Å². The molecule has 8 nitrogen and oxygen atoms in total. The predicted molar refractivity (Wildman–Crippen MR) is 104 cm³/mol. The molecule has 1 aliphatic rings. The molecule has 160 valence electrons. The van der Waals surface area contributed by atoms with Gasteiger partial charge in [0.1, 0.15) is 12.1 Å². The van der Waals surface area contributed by atoms with Crippen LogP contribution in [0.25, 0.3) is 17.0 Å². The number of sulfonamides is 1. The second-order valence-electron chi connectivity index (χ2n) is 7.04. The topological polar surface area (TPSA) is 92.5 Å². The molecule has 0 saturated carbocycles. The zero-order valence-corrected chi connectivity index (χ0v) is 16.6. The summed E-state index contributed by atoms with van der Waals surface area (Å²) in [6.07, 6.45) is 2.06. The van der Waals surface area contributed by atoms with E-state index in [1.807, 2.05) is 36.4 Å². The van der Waals surface area contributed by atoms with Gasteiger partial charge in [-0.05, 0) is 18.8 Å². The van der Waals surface area contributed by atoms with E-state index in [1.54, 1.807) is 4.52 Å². The van der Waals surface area contributed by atoms with Crippen LogP contribution in [0.2, 0.25) is 0 Å². The van der Waals surface area contributed by atoms with Crippen molar-refractivity contribution in [3.63, 3.8) is 0 Å². The van der Waals surface area contributed by atoms with Gasteiger partial charge in [0.05, 0.1) is 5.69 Å². The number of hydrogen-bond acceptors (Lipinski definition) is 6. The lowest BCUT2D eigenvalue weighted by Crippen LogP contribution is -2.45. The van der Waals surface area contributed by atoms with Crippen molar-refractivity contribution in [1.29, 1.82) is 0 Å². The van der Waals surface area contributed by atoms with Crippen molar-refractivity contribution in [2.75, 3.05) is 25.0 Å². The first kappa shape index (κ1) is 20.5. The molecule has 12 heteroatoms. The first-order chi connectivity index (χ1) is 14.3. The van der Waals surface area contributed by atoms with Crippen molar-refractivity contribution in [3.05, 3.63) is 42.7 Å². The average Bonchev–Trinajstić information content (AvgIpc) is 3.21. The van der Waals surface area contributed by atoms with Gasteiger partial charge in [-0.25, -0.2) is 13.4 Å². The summed E-state index contributed by atoms with van der Waals surface area (Å²) in [5.74, 6) is 1.10. The highest BCUT2D eigenvalue weighted by atomic mass is 32.2. The van der Waals surface area contributed by atoms with E-state index in [-0.39, 0.29) is 19.0 Å². The highest BCUT2D eigenvalue weighted by Gasteiger charge is 2.50. The van der Waals surface area contributed by atoms with Gasteiger partial charge in [0.15, 0.2) is 0 Å². The van der Waals surface area contributed by atoms with Crippen LogP contribution in [0.15, 0.2) is 42.7 Å². The van der Waals surface area contributed by atoms with Gasteiger partial charge < -0.3 is 5.32 Å². The molecule has 0 unspecified atom stereocenters. The zero-order valence-electron chi connectivity index (χ0n) is 15.7. The van der Waals surface area contributed by atoms with Crippen LogP contribution in [0.5, 0.6) is 0 Å². The molecule has 3 aromatic rings. The van der Waals surface area contributed by atoms with Gasteiger partial charge in [-0.3, -0.25) is 0 Å². The molecular formula is C18H19F3N6O2S. The summed E-state index contributed by atoms with van der Waals surface area (Å²) in [4.78, 5) is 8.63. The molecule has 1 saturated heterocycles. The van der Waals surface area contributed by atoms with E-state index in [0.29, 0.717) is 41.0 Å². The maximum Gasteiger partial charge on any atom is 0.511 e. The lowest BCUT2D eigenvalue weighted by Gasteiger charge is -2.31. The summed E-state index contributed by atoms with van der Waals surface area (Å²) in [6, 6.07) is 11.4. The summed E-state index contributed by atoms with van der Waals surface area (Å²) in [5.41, 5.74) is -3.64. The van der Waals surface area contributed by atoms with E-state index >= 15 is 0 Å². The molecule has 3 heterocycles. The minimum absolute atomic E-state index is 0.0246. The van der Waals surface area contributed by atoms with Crippen LogP contribution < -0.4 is 5.32 Å². The standard InChI is InChI=1S/C18H19F3N6O2S/c19-18(20,21)30(28,29)26-8-6-13(7-9-26)11-22-16-10-15(14-4-2-1-3-5-14)25-17-23-12-24-27(16)17/h1-5,10,12-13,22H,6-9,11H2. The predicted octanol–water partition coefficient (Wildman–Crippen LogP) is 2.76. The van der Waals surface area contributed by atoms with E-state index in [2.05, 4.69) is 20.4 Å². The Labute approximate surface area is 170 Å². The number of anilines is 1. The van der Waals surface area contributed by atoms with E-state index < -0.39 is 15.5 Å². The van der Waals surface area contributed by atoms with Crippen LogP contribution in [0.4, 0.5) is 19.0 Å². The maximum absolute atomic E-state index is 12.7. The molecular weight excluding hydrogens is 421 g/mol. The Bertz CT molecular complexity index is 1130. The third kappa shape index (κ3) is 3.97. The summed E-state index contributed by atoms with van der Waals surface area (Å²) in [6.45, 7) is 0.157. The van der Waals surface area contributed by atoms with Gasteiger partial charge in [-0.1, -0.05) is 30.3 Å². The third-order valence-corrected chi connectivity index (χ3v) is 6.73. The van der Waals surface area contributed by atoms with Crippen molar-refractivity contribution >= 4 is 21.6 Å². The van der Waals surface area contributed by atoms with E-state index in [9.17, 15) is 21.6 Å². The van der Waals surface area contributed by atoms with E-state index in [4.69, 9.17) is 0 Å². The Hall–Kier alpha value is -2.73. The number of fused-ring (bicyclic) bond motifs is 1. The zero-order chi connectivity index (χ0) is 21.4. The van der Waals surface area contributed by atoms with Crippen molar-refractivity contribution in [3.8, 4) is 11.3 Å². The average molecular weight is 440 g/mol. The number of hydrogen-bond donors (Lipinski definition) is 1. The van der Waals surface area contributed by atoms with Crippen LogP contribution in [-0.2, 0) is 10.0 Å². The highest BCUT2D eigenvalue weighted by molar-refractivity contribution is 7.90. The van der Waals surface area contributed by atoms with Gasteiger partial charge in [0, 0.05) is 31.3 Å². The molecule has 0 aliphatic carbocycles. The summed E-state index contributed by atoms with van der Waals surface area (Å²) in [7, 11) is -5.27.